The SMILES string of the molecule is NC1(COc2ccc([N+](=O)[O-])cc2Br)CCCCC1. The van der Waals surface area contributed by atoms with E-state index in [2.05, 4.69) is 15.9 Å². The molecule has 1 aliphatic rings. The molecule has 1 aliphatic carbocycles. The third-order valence-electron chi connectivity index (χ3n) is 3.49. The summed E-state index contributed by atoms with van der Waals surface area (Å²) < 4.78 is 6.30. The second-order valence-electron chi connectivity index (χ2n) is 5.08. The summed E-state index contributed by atoms with van der Waals surface area (Å²) in [5.41, 5.74) is 6.06. The summed E-state index contributed by atoms with van der Waals surface area (Å²) in [6, 6.07) is 4.48. The number of nitrogens with zero attached hydrogens (tertiary/aromatic N) is 1. The topological polar surface area (TPSA) is 78.4 Å². The molecule has 2 N–H and O–H groups in total. The molecule has 1 fully saturated rings. The quantitative estimate of drug-likeness (QED) is 0.678. The van der Waals surface area contributed by atoms with Crippen LogP contribution in [-0.2, 0) is 0 Å². The zero-order chi connectivity index (χ0) is 13.9. The van der Waals surface area contributed by atoms with Gasteiger partial charge in [0.25, 0.3) is 5.69 Å². The lowest BCUT2D eigenvalue weighted by Gasteiger charge is -2.33. The molecular weight excluding hydrogens is 312 g/mol. The minimum atomic E-state index is -0.430. The first kappa shape index (κ1) is 14.3. The minimum Gasteiger partial charge on any atom is -0.490 e. The van der Waals surface area contributed by atoms with Crippen molar-refractivity contribution in [2.45, 2.75) is 37.6 Å². The van der Waals surface area contributed by atoms with Crippen molar-refractivity contribution >= 4 is 21.6 Å². The Balaban J connectivity index is 2.01. The number of hydrogen-bond donors (Lipinski definition) is 1. The fourth-order valence-electron chi connectivity index (χ4n) is 2.34. The van der Waals surface area contributed by atoms with Crippen molar-refractivity contribution in [1.29, 1.82) is 0 Å². The number of nitro groups is 1. The molecule has 0 spiro atoms. The van der Waals surface area contributed by atoms with Crippen molar-refractivity contribution in [2.75, 3.05) is 6.61 Å². The van der Waals surface area contributed by atoms with Crippen molar-refractivity contribution in [3.63, 3.8) is 0 Å². The number of nitrogens with two attached hydrogens (primary N) is 1. The van der Waals surface area contributed by atoms with Crippen LogP contribution >= 0.6 is 15.9 Å². The average molecular weight is 329 g/mol. The van der Waals surface area contributed by atoms with Gasteiger partial charge in [-0.15, -0.1) is 0 Å². The third-order valence-corrected chi connectivity index (χ3v) is 4.11. The van der Waals surface area contributed by atoms with Crippen LogP contribution in [0.15, 0.2) is 22.7 Å². The molecule has 0 saturated heterocycles. The molecule has 0 aromatic heterocycles. The molecule has 0 heterocycles. The molecule has 0 aliphatic heterocycles. The second-order valence-corrected chi connectivity index (χ2v) is 5.94. The summed E-state index contributed by atoms with van der Waals surface area (Å²) in [4.78, 5) is 10.2. The zero-order valence-electron chi connectivity index (χ0n) is 10.6. The summed E-state index contributed by atoms with van der Waals surface area (Å²) in [7, 11) is 0. The second kappa shape index (κ2) is 5.88. The number of ether oxygens (including phenoxy) is 1. The van der Waals surface area contributed by atoms with Gasteiger partial charge in [-0.1, -0.05) is 19.3 Å². The van der Waals surface area contributed by atoms with E-state index in [4.69, 9.17) is 10.5 Å². The number of halogens is 1. The molecule has 1 aromatic carbocycles. The highest BCUT2D eigenvalue weighted by Crippen LogP contribution is 2.31. The Hall–Kier alpha value is -1.14. The maximum atomic E-state index is 10.6. The number of nitro benzene ring substituents is 1. The van der Waals surface area contributed by atoms with Crippen LogP contribution in [0.25, 0.3) is 0 Å². The highest BCUT2D eigenvalue weighted by atomic mass is 79.9. The Morgan fingerprint density at radius 1 is 1.37 bits per heavy atom. The van der Waals surface area contributed by atoms with Crippen molar-refractivity contribution in [3.8, 4) is 5.75 Å². The Morgan fingerprint density at radius 3 is 2.63 bits per heavy atom. The van der Waals surface area contributed by atoms with E-state index >= 15 is 0 Å². The van der Waals surface area contributed by atoms with Gasteiger partial charge in [0, 0.05) is 12.1 Å². The molecule has 1 saturated carbocycles. The lowest BCUT2D eigenvalue weighted by atomic mass is 9.83. The monoisotopic (exact) mass is 328 g/mol. The van der Waals surface area contributed by atoms with Gasteiger partial charge in [0.1, 0.15) is 12.4 Å². The molecule has 0 bridgehead atoms. The van der Waals surface area contributed by atoms with Gasteiger partial charge in [0.15, 0.2) is 0 Å². The van der Waals surface area contributed by atoms with Crippen LogP contribution in [0, 0.1) is 10.1 Å². The van der Waals surface area contributed by atoms with Crippen molar-refractivity contribution in [2.24, 2.45) is 5.73 Å². The van der Waals surface area contributed by atoms with Crippen LogP contribution in [0.1, 0.15) is 32.1 Å². The third kappa shape index (κ3) is 3.67. The molecule has 5 nitrogen and oxygen atoms in total. The van der Waals surface area contributed by atoms with Gasteiger partial charge in [0.05, 0.1) is 14.9 Å². The van der Waals surface area contributed by atoms with E-state index in [1.54, 1.807) is 6.07 Å². The van der Waals surface area contributed by atoms with Crippen molar-refractivity contribution in [1.82, 2.24) is 0 Å². The van der Waals surface area contributed by atoms with Gasteiger partial charge in [0.2, 0.25) is 0 Å². The minimum absolute atomic E-state index is 0.0411. The smallest absolute Gasteiger partial charge is 0.270 e. The molecule has 6 heteroatoms. The lowest BCUT2D eigenvalue weighted by molar-refractivity contribution is -0.385. The van der Waals surface area contributed by atoms with E-state index in [0.29, 0.717) is 16.8 Å². The Labute approximate surface area is 120 Å². The van der Waals surface area contributed by atoms with Gasteiger partial charge < -0.3 is 10.5 Å². The highest BCUT2D eigenvalue weighted by Gasteiger charge is 2.28. The summed E-state index contributed by atoms with van der Waals surface area (Å²) in [5, 5.41) is 10.6. The number of rotatable bonds is 4. The number of hydrogen-bond acceptors (Lipinski definition) is 4. The summed E-state index contributed by atoms with van der Waals surface area (Å²) in [5.74, 6) is 0.598. The Morgan fingerprint density at radius 2 is 2.05 bits per heavy atom. The fourth-order valence-corrected chi connectivity index (χ4v) is 2.82. The maximum Gasteiger partial charge on any atom is 0.270 e. The molecule has 0 atom stereocenters. The first-order valence-electron chi connectivity index (χ1n) is 6.36. The normalized spacial score (nSPS) is 18.0. The van der Waals surface area contributed by atoms with Crippen LogP contribution in [0.2, 0.25) is 0 Å². The van der Waals surface area contributed by atoms with Crippen molar-refractivity contribution < 1.29 is 9.66 Å². The lowest BCUT2D eigenvalue weighted by Crippen LogP contribution is -2.47. The molecule has 0 unspecified atom stereocenters. The number of non-ortho nitro benzene ring substituents is 1. The van der Waals surface area contributed by atoms with E-state index in [1.807, 2.05) is 0 Å². The van der Waals surface area contributed by atoms with E-state index in [-0.39, 0.29) is 11.2 Å². The van der Waals surface area contributed by atoms with Gasteiger partial charge in [-0.3, -0.25) is 10.1 Å². The molecule has 1 aromatic rings. The van der Waals surface area contributed by atoms with Crippen molar-refractivity contribution in [3.05, 3.63) is 32.8 Å². The standard InChI is InChI=1S/C13H17BrN2O3/c14-11-8-10(16(17)18)4-5-12(11)19-9-13(15)6-2-1-3-7-13/h4-5,8H,1-3,6-7,9,15H2. The molecule has 0 amide bonds. The van der Waals surface area contributed by atoms with Crippen LogP contribution in [0.4, 0.5) is 5.69 Å². The Kier molecular flexibility index (Phi) is 4.42. The fraction of sp³-hybridized carbons (Fsp3) is 0.538. The summed E-state index contributed by atoms with van der Waals surface area (Å²) >= 11 is 3.29. The predicted octanol–water partition coefficient (Wildman–Crippen LogP) is 3.40. The van der Waals surface area contributed by atoms with Gasteiger partial charge in [-0.2, -0.15) is 0 Å². The van der Waals surface area contributed by atoms with Crippen LogP contribution in [0.3, 0.4) is 0 Å². The average Bonchev–Trinajstić information content (AvgIpc) is 2.38. The maximum absolute atomic E-state index is 10.6. The molecule has 19 heavy (non-hydrogen) atoms. The summed E-state index contributed by atoms with van der Waals surface area (Å²) in [6.45, 7) is 0.448. The number of benzene rings is 1. The van der Waals surface area contributed by atoms with Gasteiger partial charge >= 0.3 is 0 Å². The Bertz CT molecular complexity index is 473. The predicted molar refractivity (Wildman–Crippen MR) is 76.3 cm³/mol. The molecule has 104 valence electrons. The van der Waals surface area contributed by atoms with Gasteiger partial charge in [-0.25, -0.2) is 0 Å². The largest absolute Gasteiger partial charge is 0.490 e. The first-order valence-corrected chi connectivity index (χ1v) is 7.15. The van der Waals surface area contributed by atoms with Crippen LogP contribution in [-0.4, -0.2) is 17.1 Å². The molecular formula is C13H17BrN2O3. The van der Waals surface area contributed by atoms with Gasteiger partial charge in [-0.05, 0) is 34.8 Å². The molecule has 2 rings (SSSR count). The van der Waals surface area contributed by atoms with Crippen LogP contribution < -0.4 is 10.5 Å². The van der Waals surface area contributed by atoms with E-state index in [9.17, 15) is 10.1 Å². The van der Waals surface area contributed by atoms with E-state index in [0.717, 1.165) is 25.7 Å². The van der Waals surface area contributed by atoms with Crippen LogP contribution in [0.5, 0.6) is 5.75 Å². The highest BCUT2D eigenvalue weighted by molar-refractivity contribution is 9.10. The molecule has 0 radical (unpaired) electrons. The van der Waals surface area contributed by atoms with E-state index in [1.165, 1.54) is 18.6 Å². The zero-order valence-corrected chi connectivity index (χ0v) is 12.2. The first-order chi connectivity index (χ1) is 9.00. The van der Waals surface area contributed by atoms with E-state index < -0.39 is 4.92 Å². The summed E-state index contributed by atoms with van der Waals surface area (Å²) in [6.07, 6.45) is 5.46.